The normalized spacial score (nSPS) is 10.0. The van der Waals surface area contributed by atoms with Crippen LogP contribution in [0.15, 0.2) is 35.7 Å². The molecular weight excluding hydrogens is 302 g/mol. The van der Waals surface area contributed by atoms with Crippen molar-refractivity contribution in [3.05, 3.63) is 41.4 Å². The van der Waals surface area contributed by atoms with Crippen molar-refractivity contribution in [1.82, 2.24) is 4.98 Å². The second-order valence-electron chi connectivity index (χ2n) is 4.39. The van der Waals surface area contributed by atoms with Crippen molar-refractivity contribution >= 4 is 34.0 Å². The number of ether oxygens (including phenoxy) is 1. The van der Waals surface area contributed by atoms with Gasteiger partial charge in [0.1, 0.15) is 0 Å². The van der Waals surface area contributed by atoms with Crippen LogP contribution < -0.4 is 10.6 Å². The Kier molecular flexibility index (Phi) is 5.91. The number of rotatable bonds is 7. The van der Waals surface area contributed by atoms with Gasteiger partial charge in [-0.1, -0.05) is 18.2 Å². The summed E-state index contributed by atoms with van der Waals surface area (Å²) in [7, 11) is 0. The first-order chi connectivity index (χ1) is 10.7. The fourth-order valence-electron chi connectivity index (χ4n) is 1.71. The van der Waals surface area contributed by atoms with Crippen LogP contribution in [-0.2, 0) is 20.7 Å². The quantitative estimate of drug-likeness (QED) is 0.766. The van der Waals surface area contributed by atoms with Crippen molar-refractivity contribution in [3.63, 3.8) is 0 Å². The van der Waals surface area contributed by atoms with Gasteiger partial charge in [0.2, 0.25) is 5.91 Å². The van der Waals surface area contributed by atoms with E-state index in [4.69, 9.17) is 4.74 Å². The van der Waals surface area contributed by atoms with E-state index in [1.54, 1.807) is 12.3 Å². The first-order valence-corrected chi connectivity index (χ1v) is 7.74. The predicted molar refractivity (Wildman–Crippen MR) is 86.0 cm³/mol. The molecule has 116 valence electrons. The Bertz CT molecular complexity index is 628. The van der Waals surface area contributed by atoms with Crippen LogP contribution in [-0.4, -0.2) is 30.0 Å². The summed E-state index contributed by atoms with van der Waals surface area (Å²) in [6, 6.07) is 9.46. The number of anilines is 2. The third-order valence-electron chi connectivity index (χ3n) is 2.66. The van der Waals surface area contributed by atoms with E-state index in [9.17, 15) is 9.59 Å². The van der Waals surface area contributed by atoms with E-state index < -0.39 is 0 Å². The molecule has 0 aliphatic carbocycles. The summed E-state index contributed by atoms with van der Waals surface area (Å²) < 4.78 is 4.85. The van der Waals surface area contributed by atoms with Crippen molar-refractivity contribution < 1.29 is 14.3 Å². The van der Waals surface area contributed by atoms with E-state index >= 15 is 0 Å². The lowest BCUT2D eigenvalue weighted by molar-refractivity contribution is -0.142. The molecule has 1 aromatic carbocycles. The first kappa shape index (κ1) is 16.0. The summed E-state index contributed by atoms with van der Waals surface area (Å²) in [6.45, 7) is 2.25. The number of hydrogen-bond acceptors (Lipinski definition) is 6. The van der Waals surface area contributed by atoms with Gasteiger partial charge in [-0.25, -0.2) is 4.98 Å². The number of para-hydroxylation sites is 1. The van der Waals surface area contributed by atoms with Crippen LogP contribution in [0.3, 0.4) is 0 Å². The molecule has 0 bridgehead atoms. The van der Waals surface area contributed by atoms with Crippen LogP contribution in [0.4, 0.5) is 10.8 Å². The smallest absolute Gasteiger partial charge is 0.311 e. The molecule has 0 saturated heterocycles. The van der Waals surface area contributed by atoms with Crippen LogP contribution in [0.5, 0.6) is 0 Å². The van der Waals surface area contributed by atoms with Gasteiger partial charge in [-0.15, -0.1) is 11.3 Å². The number of esters is 1. The average molecular weight is 319 g/mol. The highest BCUT2D eigenvalue weighted by Crippen LogP contribution is 2.16. The van der Waals surface area contributed by atoms with Gasteiger partial charge in [-0.3, -0.25) is 9.59 Å². The number of benzene rings is 1. The molecule has 0 fully saturated rings. The monoisotopic (exact) mass is 319 g/mol. The zero-order chi connectivity index (χ0) is 15.8. The van der Waals surface area contributed by atoms with Crippen molar-refractivity contribution in [2.45, 2.75) is 13.3 Å². The van der Waals surface area contributed by atoms with E-state index in [1.807, 2.05) is 30.3 Å². The van der Waals surface area contributed by atoms with Gasteiger partial charge in [-0.05, 0) is 19.1 Å². The molecule has 0 aliphatic heterocycles. The molecule has 1 aromatic heterocycles. The van der Waals surface area contributed by atoms with Crippen LogP contribution in [0, 0.1) is 0 Å². The number of nitrogens with one attached hydrogen (secondary N) is 2. The van der Waals surface area contributed by atoms with Gasteiger partial charge in [-0.2, -0.15) is 0 Å². The molecule has 0 aliphatic rings. The molecule has 22 heavy (non-hydrogen) atoms. The minimum atomic E-state index is -0.323. The molecule has 0 unspecified atom stereocenters. The lowest BCUT2D eigenvalue weighted by Gasteiger charge is -2.05. The lowest BCUT2D eigenvalue weighted by Crippen LogP contribution is -2.21. The number of carbonyl (C=O) groups excluding carboxylic acids is 2. The van der Waals surface area contributed by atoms with Crippen molar-refractivity contribution in [1.29, 1.82) is 0 Å². The standard InChI is InChI=1S/C15H17N3O3S/c1-2-21-14(20)8-12-10-22-15(17-12)18-13(19)9-16-11-6-4-3-5-7-11/h3-7,10,16H,2,8-9H2,1H3,(H,17,18,19). The van der Waals surface area contributed by atoms with E-state index in [0.717, 1.165) is 5.69 Å². The van der Waals surface area contributed by atoms with Crippen molar-refractivity contribution in [2.24, 2.45) is 0 Å². The number of nitrogens with zero attached hydrogens (tertiary/aromatic N) is 1. The lowest BCUT2D eigenvalue weighted by atomic mass is 10.3. The van der Waals surface area contributed by atoms with Gasteiger partial charge in [0.25, 0.3) is 0 Å². The Balaban J connectivity index is 1.79. The van der Waals surface area contributed by atoms with Crippen molar-refractivity contribution in [2.75, 3.05) is 23.8 Å². The highest BCUT2D eigenvalue weighted by molar-refractivity contribution is 7.13. The third kappa shape index (κ3) is 5.17. The Morgan fingerprint density at radius 1 is 1.27 bits per heavy atom. The Hall–Kier alpha value is -2.41. The number of thiazole rings is 1. The van der Waals surface area contributed by atoms with Crippen LogP contribution in [0.2, 0.25) is 0 Å². The van der Waals surface area contributed by atoms with Gasteiger partial charge in [0.15, 0.2) is 5.13 Å². The van der Waals surface area contributed by atoms with Crippen LogP contribution >= 0.6 is 11.3 Å². The van der Waals surface area contributed by atoms with E-state index in [0.29, 0.717) is 17.4 Å². The molecule has 2 aromatic rings. The van der Waals surface area contributed by atoms with E-state index in [1.165, 1.54) is 11.3 Å². The molecule has 0 radical (unpaired) electrons. The summed E-state index contributed by atoms with van der Waals surface area (Å²) in [4.78, 5) is 27.4. The third-order valence-corrected chi connectivity index (χ3v) is 3.46. The fourth-order valence-corrected chi connectivity index (χ4v) is 2.43. The summed E-state index contributed by atoms with van der Waals surface area (Å²) in [5, 5.41) is 7.91. The SMILES string of the molecule is CCOC(=O)Cc1csc(NC(=O)CNc2ccccc2)n1. The van der Waals surface area contributed by atoms with E-state index in [2.05, 4.69) is 15.6 Å². The predicted octanol–water partition coefficient (Wildman–Crippen LogP) is 2.30. The largest absolute Gasteiger partial charge is 0.466 e. The Morgan fingerprint density at radius 3 is 2.77 bits per heavy atom. The summed E-state index contributed by atoms with van der Waals surface area (Å²) in [5.74, 6) is -0.516. The molecular formula is C15H17N3O3S. The second kappa shape index (κ2) is 8.14. The molecule has 2 rings (SSSR count). The Morgan fingerprint density at radius 2 is 2.05 bits per heavy atom. The Labute approximate surface area is 132 Å². The molecule has 1 amide bonds. The topological polar surface area (TPSA) is 80.3 Å². The molecule has 0 atom stereocenters. The number of hydrogen-bond donors (Lipinski definition) is 2. The molecule has 0 spiro atoms. The zero-order valence-corrected chi connectivity index (χ0v) is 13.0. The number of carbonyl (C=O) groups is 2. The molecule has 6 nitrogen and oxygen atoms in total. The minimum absolute atomic E-state index is 0.114. The summed E-state index contributed by atoms with van der Waals surface area (Å²) in [6.07, 6.45) is 0.114. The second-order valence-corrected chi connectivity index (χ2v) is 5.25. The van der Waals surface area contributed by atoms with Gasteiger partial charge >= 0.3 is 5.97 Å². The van der Waals surface area contributed by atoms with Gasteiger partial charge in [0.05, 0.1) is 25.3 Å². The highest BCUT2D eigenvalue weighted by Gasteiger charge is 2.10. The van der Waals surface area contributed by atoms with E-state index in [-0.39, 0.29) is 24.8 Å². The molecule has 7 heteroatoms. The minimum Gasteiger partial charge on any atom is -0.466 e. The summed E-state index contributed by atoms with van der Waals surface area (Å²) in [5.41, 5.74) is 1.47. The van der Waals surface area contributed by atoms with Crippen LogP contribution in [0.25, 0.3) is 0 Å². The maximum Gasteiger partial charge on any atom is 0.311 e. The maximum absolute atomic E-state index is 11.8. The maximum atomic E-state index is 11.8. The molecule has 1 heterocycles. The molecule has 0 saturated carbocycles. The first-order valence-electron chi connectivity index (χ1n) is 6.86. The fraction of sp³-hybridized carbons (Fsp3) is 0.267. The average Bonchev–Trinajstić information content (AvgIpc) is 2.93. The zero-order valence-electron chi connectivity index (χ0n) is 12.2. The number of amides is 1. The van der Waals surface area contributed by atoms with Crippen molar-refractivity contribution in [3.8, 4) is 0 Å². The highest BCUT2D eigenvalue weighted by atomic mass is 32.1. The molecule has 2 N–H and O–H groups in total. The summed E-state index contributed by atoms with van der Waals surface area (Å²) >= 11 is 1.28. The number of aromatic nitrogens is 1. The van der Waals surface area contributed by atoms with Crippen LogP contribution in [0.1, 0.15) is 12.6 Å². The van der Waals surface area contributed by atoms with Gasteiger partial charge in [0, 0.05) is 11.1 Å². The van der Waals surface area contributed by atoms with Gasteiger partial charge < -0.3 is 15.4 Å².